The van der Waals surface area contributed by atoms with Crippen molar-refractivity contribution >= 4 is 17.6 Å². The quantitative estimate of drug-likeness (QED) is 0.583. The Kier molecular flexibility index (Phi) is 7.15. The Labute approximate surface area is 199 Å². The Morgan fingerprint density at radius 2 is 2.00 bits per heavy atom. The van der Waals surface area contributed by atoms with E-state index in [0.29, 0.717) is 18.8 Å². The van der Waals surface area contributed by atoms with Crippen molar-refractivity contribution in [2.75, 3.05) is 25.5 Å². The molecule has 1 saturated heterocycles. The van der Waals surface area contributed by atoms with Gasteiger partial charge in [-0.15, -0.1) is 0 Å². The number of aryl methyl sites for hydroxylation is 2. The first-order valence-corrected chi connectivity index (χ1v) is 11.5. The number of likely N-dealkylation sites (tertiary alicyclic amines) is 1. The van der Waals surface area contributed by atoms with Crippen molar-refractivity contribution in [2.24, 2.45) is 13.0 Å². The molecule has 0 radical (unpaired) electrons. The van der Waals surface area contributed by atoms with E-state index >= 15 is 0 Å². The lowest BCUT2D eigenvalue weighted by Crippen LogP contribution is -2.47. The highest BCUT2D eigenvalue weighted by atomic mass is 16.5. The minimum Gasteiger partial charge on any atom is -0.497 e. The van der Waals surface area contributed by atoms with Gasteiger partial charge in [-0.2, -0.15) is 0 Å². The number of amides is 3. The number of urea groups is 1. The fourth-order valence-corrected chi connectivity index (χ4v) is 4.33. The molecule has 8 nitrogen and oxygen atoms in total. The fourth-order valence-electron chi connectivity index (χ4n) is 4.33. The maximum absolute atomic E-state index is 13.4. The summed E-state index contributed by atoms with van der Waals surface area (Å²) in [7, 11) is 3.52. The predicted molar refractivity (Wildman–Crippen MR) is 131 cm³/mol. The highest BCUT2D eigenvalue weighted by Gasteiger charge is 2.31. The second-order valence-electron chi connectivity index (χ2n) is 8.70. The average Bonchev–Trinajstić information content (AvgIpc) is 3.28. The van der Waals surface area contributed by atoms with E-state index in [4.69, 9.17) is 4.74 Å². The Balaban J connectivity index is 1.48. The standard InChI is InChI=1S/C26H31N5O3/c1-18-7-4-10-21(15-18)28-26(33)31-13-6-9-20(17-31)25(32)29-23(24-27-12-14-30(24)2)19-8-5-11-22(16-19)34-3/h4-5,7-8,10-12,14-16,20,23H,6,9,13,17H2,1-3H3,(H,28,33)(H,29,32). The van der Waals surface area contributed by atoms with Crippen molar-refractivity contribution < 1.29 is 14.3 Å². The summed E-state index contributed by atoms with van der Waals surface area (Å²) in [5, 5.41) is 6.13. The number of nitrogens with zero attached hydrogens (tertiary/aromatic N) is 3. The third kappa shape index (κ3) is 5.39. The van der Waals surface area contributed by atoms with Gasteiger partial charge in [0.2, 0.25) is 5.91 Å². The largest absolute Gasteiger partial charge is 0.497 e. The van der Waals surface area contributed by atoms with Gasteiger partial charge in [-0.3, -0.25) is 4.79 Å². The molecule has 3 aromatic rings. The number of hydrogen-bond acceptors (Lipinski definition) is 4. The van der Waals surface area contributed by atoms with Crippen LogP contribution in [0.3, 0.4) is 0 Å². The molecule has 0 spiro atoms. The van der Waals surface area contributed by atoms with E-state index in [1.165, 1.54) is 0 Å². The maximum Gasteiger partial charge on any atom is 0.321 e. The van der Waals surface area contributed by atoms with E-state index in [2.05, 4.69) is 15.6 Å². The van der Waals surface area contributed by atoms with Crippen molar-refractivity contribution in [3.05, 3.63) is 77.9 Å². The van der Waals surface area contributed by atoms with Gasteiger partial charge in [0.05, 0.1) is 13.0 Å². The fraction of sp³-hybridized carbons (Fsp3) is 0.346. The Bertz CT molecular complexity index is 1160. The maximum atomic E-state index is 13.4. The zero-order chi connectivity index (χ0) is 24.1. The number of nitrogens with one attached hydrogen (secondary N) is 2. The summed E-state index contributed by atoms with van der Waals surface area (Å²) in [5.74, 6) is 1.04. The van der Waals surface area contributed by atoms with Crippen LogP contribution in [0, 0.1) is 12.8 Å². The molecular formula is C26H31N5O3. The van der Waals surface area contributed by atoms with Gasteiger partial charge < -0.3 is 24.8 Å². The molecule has 2 heterocycles. The number of benzene rings is 2. The molecule has 0 saturated carbocycles. The molecule has 34 heavy (non-hydrogen) atoms. The number of carbonyl (C=O) groups excluding carboxylic acids is 2. The summed E-state index contributed by atoms with van der Waals surface area (Å²) in [5.41, 5.74) is 2.71. The lowest BCUT2D eigenvalue weighted by atomic mass is 9.96. The lowest BCUT2D eigenvalue weighted by Gasteiger charge is -2.33. The van der Waals surface area contributed by atoms with E-state index < -0.39 is 6.04 Å². The summed E-state index contributed by atoms with van der Waals surface area (Å²) < 4.78 is 7.28. The van der Waals surface area contributed by atoms with Crippen molar-refractivity contribution in [1.82, 2.24) is 19.8 Å². The summed E-state index contributed by atoms with van der Waals surface area (Å²) in [4.78, 5) is 32.4. The number of methoxy groups -OCH3 is 1. The van der Waals surface area contributed by atoms with E-state index in [-0.39, 0.29) is 17.9 Å². The molecular weight excluding hydrogens is 430 g/mol. The number of imidazole rings is 1. The summed E-state index contributed by atoms with van der Waals surface area (Å²) >= 11 is 0. The monoisotopic (exact) mass is 461 g/mol. The molecule has 2 aromatic carbocycles. The van der Waals surface area contributed by atoms with Crippen LogP contribution in [0.15, 0.2) is 60.9 Å². The van der Waals surface area contributed by atoms with Gasteiger partial charge in [0.1, 0.15) is 17.6 Å². The van der Waals surface area contributed by atoms with Gasteiger partial charge in [-0.25, -0.2) is 9.78 Å². The minimum atomic E-state index is -0.431. The number of anilines is 1. The molecule has 1 fully saturated rings. The van der Waals surface area contributed by atoms with Gasteiger partial charge in [0.25, 0.3) is 0 Å². The van der Waals surface area contributed by atoms with Crippen molar-refractivity contribution in [3.8, 4) is 5.75 Å². The molecule has 0 bridgehead atoms. The number of aromatic nitrogens is 2. The Morgan fingerprint density at radius 3 is 2.74 bits per heavy atom. The van der Waals surface area contributed by atoms with Gasteiger partial charge >= 0.3 is 6.03 Å². The van der Waals surface area contributed by atoms with Crippen molar-refractivity contribution in [2.45, 2.75) is 25.8 Å². The third-order valence-corrected chi connectivity index (χ3v) is 6.18. The summed E-state index contributed by atoms with van der Waals surface area (Å²) in [6, 6.07) is 14.7. The number of piperidine rings is 1. The Morgan fingerprint density at radius 1 is 1.18 bits per heavy atom. The van der Waals surface area contributed by atoms with Crippen LogP contribution in [0.2, 0.25) is 0 Å². The first-order chi connectivity index (χ1) is 16.4. The molecule has 3 amide bonds. The van der Waals surface area contributed by atoms with Crippen LogP contribution in [-0.2, 0) is 11.8 Å². The second-order valence-corrected chi connectivity index (χ2v) is 8.70. The van der Waals surface area contributed by atoms with Gasteiger partial charge in [0, 0.05) is 38.2 Å². The van der Waals surface area contributed by atoms with Crippen LogP contribution in [0.1, 0.15) is 35.8 Å². The topological polar surface area (TPSA) is 88.5 Å². The number of rotatable bonds is 6. The molecule has 1 aromatic heterocycles. The van der Waals surface area contributed by atoms with Gasteiger partial charge in [-0.1, -0.05) is 24.3 Å². The van der Waals surface area contributed by atoms with Crippen molar-refractivity contribution in [1.29, 1.82) is 0 Å². The third-order valence-electron chi connectivity index (χ3n) is 6.18. The van der Waals surface area contributed by atoms with E-state index in [9.17, 15) is 9.59 Å². The van der Waals surface area contributed by atoms with E-state index in [1.807, 2.05) is 73.3 Å². The second kappa shape index (κ2) is 10.4. The van der Waals surface area contributed by atoms with Gasteiger partial charge in [0.15, 0.2) is 0 Å². The van der Waals surface area contributed by atoms with E-state index in [1.54, 1.807) is 18.2 Å². The summed E-state index contributed by atoms with van der Waals surface area (Å²) in [6.07, 6.45) is 5.07. The SMILES string of the molecule is COc1cccc(C(NC(=O)C2CCCN(C(=O)Nc3cccc(C)c3)C2)c2nccn2C)c1. The van der Waals surface area contributed by atoms with Crippen LogP contribution in [-0.4, -0.2) is 46.6 Å². The zero-order valence-corrected chi connectivity index (χ0v) is 19.8. The Hall–Kier alpha value is -3.81. The van der Waals surface area contributed by atoms with Crippen LogP contribution in [0.25, 0.3) is 0 Å². The number of ether oxygens (including phenoxy) is 1. The van der Waals surface area contributed by atoms with Gasteiger partial charge in [-0.05, 0) is 55.2 Å². The molecule has 2 N–H and O–H groups in total. The molecule has 2 atom stereocenters. The van der Waals surface area contributed by atoms with Crippen LogP contribution >= 0.6 is 0 Å². The smallest absolute Gasteiger partial charge is 0.321 e. The highest BCUT2D eigenvalue weighted by Crippen LogP contribution is 2.26. The molecule has 178 valence electrons. The van der Waals surface area contributed by atoms with Crippen LogP contribution in [0.5, 0.6) is 5.75 Å². The molecule has 2 unspecified atom stereocenters. The highest BCUT2D eigenvalue weighted by molar-refractivity contribution is 5.90. The molecule has 0 aliphatic carbocycles. The predicted octanol–water partition coefficient (Wildman–Crippen LogP) is 3.89. The van der Waals surface area contributed by atoms with Crippen LogP contribution in [0.4, 0.5) is 10.5 Å². The number of carbonyl (C=O) groups is 2. The lowest BCUT2D eigenvalue weighted by molar-refractivity contribution is -0.126. The molecule has 1 aliphatic heterocycles. The minimum absolute atomic E-state index is 0.0936. The van der Waals surface area contributed by atoms with E-state index in [0.717, 1.165) is 35.5 Å². The first kappa shape index (κ1) is 23.4. The molecule has 8 heteroatoms. The molecule has 1 aliphatic rings. The van der Waals surface area contributed by atoms with Crippen LogP contribution < -0.4 is 15.4 Å². The normalized spacial score (nSPS) is 16.6. The molecule has 4 rings (SSSR count). The first-order valence-electron chi connectivity index (χ1n) is 11.5. The summed E-state index contributed by atoms with van der Waals surface area (Å²) in [6.45, 7) is 2.98. The zero-order valence-electron chi connectivity index (χ0n) is 19.8. The number of hydrogen-bond donors (Lipinski definition) is 2. The van der Waals surface area contributed by atoms with Crippen molar-refractivity contribution in [3.63, 3.8) is 0 Å². The average molecular weight is 462 g/mol.